The number of ether oxygens (including phenoxy) is 3. The zero-order valence-corrected chi connectivity index (χ0v) is 41.3. The summed E-state index contributed by atoms with van der Waals surface area (Å²) in [4.78, 5) is 38.0. The van der Waals surface area contributed by atoms with Crippen molar-refractivity contribution in [1.29, 1.82) is 0 Å². The maximum Gasteiger partial charge on any atom is 0.306 e. The minimum absolute atomic E-state index is 0.0938. The van der Waals surface area contributed by atoms with Gasteiger partial charge in [0, 0.05) is 19.3 Å². The molecule has 0 amide bonds. The number of hydrogen-bond acceptors (Lipinski definition) is 6. The lowest BCUT2D eigenvalue weighted by atomic mass is 10.0. The largest absolute Gasteiger partial charge is 0.462 e. The molecule has 0 spiro atoms. The van der Waals surface area contributed by atoms with Crippen molar-refractivity contribution < 1.29 is 28.6 Å². The molecule has 1 unspecified atom stereocenters. The predicted octanol–water partition coefficient (Wildman–Crippen LogP) is 17.4. The Kier molecular flexibility index (Phi) is 48.9. The number of hydrogen-bond donors (Lipinski definition) is 0. The summed E-state index contributed by atoms with van der Waals surface area (Å²) in [6, 6.07) is 0. The van der Waals surface area contributed by atoms with Crippen molar-refractivity contribution in [1.82, 2.24) is 0 Å². The second kappa shape index (κ2) is 51.5. The summed E-state index contributed by atoms with van der Waals surface area (Å²) in [5, 5.41) is 0. The van der Waals surface area contributed by atoms with E-state index in [4.69, 9.17) is 14.2 Å². The van der Waals surface area contributed by atoms with Gasteiger partial charge in [-0.15, -0.1) is 0 Å². The number of rotatable bonds is 47. The van der Waals surface area contributed by atoms with Crippen molar-refractivity contribution in [2.24, 2.45) is 0 Å². The highest BCUT2D eigenvalue weighted by Gasteiger charge is 2.19. The molecule has 0 heterocycles. The summed E-state index contributed by atoms with van der Waals surface area (Å²) >= 11 is 0. The van der Waals surface area contributed by atoms with Crippen molar-refractivity contribution in [3.05, 3.63) is 72.9 Å². The van der Waals surface area contributed by atoms with Crippen LogP contribution in [-0.4, -0.2) is 37.2 Å². The molecular weight excluding hydrogens is 781 g/mol. The van der Waals surface area contributed by atoms with Gasteiger partial charge in [-0.1, -0.05) is 241 Å². The van der Waals surface area contributed by atoms with Gasteiger partial charge in [-0.3, -0.25) is 14.4 Å². The summed E-state index contributed by atoms with van der Waals surface area (Å²) < 4.78 is 16.8. The Labute approximate surface area is 389 Å². The van der Waals surface area contributed by atoms with E-state index in [1.54, 1.807) is 0 Å². The predicted molar refractivity (Wildman–Crippen MR) is 270 cm³/mol. The molecule has 0 fully saturated rings. The number of carbonyl (C=O) groups is 3. The maximum atomic E-state index is 12.8. The van der Waals surface area contributed by atoms with E-state index in [0.717, 1.165) is 70.6 Å². The molecule has 0 aliphatic rings. The molecule has 6 nitrogen and oxygen atoms in total. The molecule has 0 saturated carbocycles. The van der Waals surface area contributed by atoms with Crippen LogP contribution in [0.15, 0.2) is 72.9 Å². The van der Waals surface area contributed by atoms with Gasteiger partial charge >= 0.3 is 17.9 Å². The lowest BCUT2D eigenvalue weighted by Gasteiger charge is -2.18. The minimum Gasteiger partial charge on any atom is -0.462 e. The van der Waals surface area contributed by atoms with Crippen LogP contribution < -0.4 is 0 Å². The van der Waals surface area contributed by atoms with Gasteiger partial charge in [0.2, 0.25) is 0 Å². The number of allylic oxidation sites excluding steroid dienone is 12. The molecule has 0 N–H and O–H groups in total. The SMILES string of the molecule is CC\C=C/C=C\C=C/C=C\C=C/CCCCCC(=O)OC(COC(=O)CCCCCCC/C=C\CCCCCCCCCCC)COC(=O)CCCCCCCCCCCCCC. The van der Waals surface area contributed by atoms with Crippen LogP contribution in [0.5, 0.6) is 0 Å². The van der Waals surface area contributed by atoms with Gasteiger partial charge in [-0.2, -0.15) is 0 Å². The highest BCUT2D eigenvalue weighted by Crippen LogP contribution is 2.15. The Hall–Kier alpha value is -3.15. The van der Waals surface area contributed by atoms with Crippen molar-refractivity contribution in [3.63, 3.8) is 0 Å². The highest BCUT2D eigenvalue weighted by molar-refractivity contribution is 5.71. The van der Waals surface area contributed by atoms with Gasteiger partial charge in [-0.05, 0) is 64.2 Å². The lowest BCUT2D eigenvalue weighted by molar-refractivity contribution is -0.167. The first-order valence-electron chi connectivity index (χ1n) is 26.5. The third-order valence-corrected chi connectivity index (χ3v) is 11.3. The molecule has 0 aromatic rings. The van der Waals surface area contributed by atoms with Crippen molar-refractivity contribution in [3.8, 4) is 0 Å². The summed E-state index contributed by atoms with van der Waals surface area (Å²) in [7, 11) is 0. The number of esters is 3. The second-order valence-electron chi connectivity index (χ2n) is 17.5. The molecule has 1 atom stereocenters. The van der Waals surface area contributed by atoms with Gasteiger partial charge in [-0.25, -0.2) is 0 Å². The van der Waals surface area contributed by atoms with Crippen LogP contribution in [0.4, 0.5) is 0 Å². The van der Waals surface area contributed by atoms with Crippen molar-refractivity contribution in [2.45, 2.75) is 258 Å². The van der Waals surface area contributed by atoms with Crippen LogP contribution in [0.3, 0.4) is 0 Å². The van der Waals surface area contributed by atoms with Crippen LogP contribution in [0.1, 0.15) is 252 Å². The van der Waals surface area contributed by atoms with Crippen LogP contribution in [0, 0.1) is 0 Å². The first-order chi connectivity index (χ1) is 31.0. The van der Waals surface area contributed by atoms with Crippen LogP contribution in [-0.2, 0) is 28.6 Å². The van der Waals surface area contributed by atoms with Gasteiger partial charge in [0.25, 0.3) is 0 Å². The van der Waals surface area contributed by atoms with Gasteiger partial charge < -0.3 is 14.2 Å². The van der Waals surface area contributed by atoms with E-state index in [9.17, 15) is 14.4 Å². The fraction of sp³-hybridized carbons (Fsp3) is 0.737. The summed E-state index contributed by atoms with van der Waals surface area (Å²) in [6.07, 6.45) is 64.6. The van der Waals surface area contributed by atoms with E-state index in [2.05, 4.69) is 45.1 Å². The van der Waals surface area contributed by atoms with E-state index in [1.807, 2.05) is 48.6 Å². The molecule has 0 aliphatic carbocycles. The molecule has 0 rings (SSSR count). The Morgan fingerprint density at radius 3 is 1.03 bits per heavy atom. The molecule has 6 heteroatoms. The third kappa shape index (κ3) is 49.7. The quantitative estimate of drug-likeness (QED) is 0.0199. The van der Waals surface area contributed by atoms with Gasteiger partial charge in [0.1, 0.15) is 13.2 Å². The van der Waals surface area contributed by atoms with Crippen LogP contribution >= 0.6 is 0 Å². The molecule has 0 bridgehead atoms. The molecular formula is C57H98O6. The van der Waals surface area contributed by atoms with Crippen molar-refractivity contribution >= 4 is 17.9 Å². The van der Waals surface area contributed by atoms with Crippen molar-refractivity contribution in [2.75, 3.05) is 13.2 Å². The molecule has 0 aliphatic heterocycles. The monoisotopic (exact) mass is 879 g/mol. The summed E-state index contributed by atoms with van der Waals surface area (Å²) in [5.41, 5.74) is 0. The fourth-order valence-corrected chi connectivity index (χ4v) is 7.34. The van der Waals surface area contributed by atoms with E-state index in [-0.39, 0.29) is 37.5 Å². The van der Waals surface area contributed by atoms with E-state index in [1.165, 1.54) is 135 Å². The topological polar surface area (TPSA) is 78.9 Å². The van der Waals surface area contributed by atoms with Crippen LogP contribution in [0.2, 0.25) is 0 Å². The molecule has 0 radical (unpaired) electrons. The Bertz CT molecular complexity index is 1190. The normalized spacial score (nSPS) is 12.6. The molecule has 63 heavy (non-hydrogen) atoms. The molecule has 0 aromatic carbocycles. The summed E-state index contributed by atoms with van der Waals surface area (Å²) in [6.45, 7) is 6.46. The van der Waals surface area contributed by atoms with Gasteiger partial charge in [0.05, 0.1) is 0 Å². The highest BCUT2D eigenvalue weighted by atomic mass is 16.6. The number of unbranched alkanes of at least 4 members (excludes halogenated alkanes) is 28. The summed E-state index contributed by atoms with van der Waals surface area (Å²) in [5.74, 6) is -0.941. The fourth-order valence-electron chi connectivity index (χ4n) is 7.34. The molecule has 0 saturated heterocycles. The minimum atomic E-state index is -0.798. The second-order valence-corrected chi connectivity index (χ2v) is 17.5. The van der Waals surface area contributed by atoms with Gasteiger partial charge in [0.15, 0.2) is 6.10 Å². The average Bonchev–Trinajstić information content (AvgIpc) is 3.28. The Morgan fingerprint density at radius 1 is 0.333 bits per heavy atom. The molecule has 0 aromatic heterocycles. The first kappa shape index (κ1) is 59.9. The smallest absolute Gasteiger partial charge is 0.306 e. The molecule has 362 valence electrons. The Balaban J connectivity index is 4.43. The lowest BCUT2D eigenvalue weighted by Crippen LogP contribution is -2.30. The Morgan fingerprint density at radius 2 is 0.635 bits per heavy atom. The standard InChI is InChI=1S/C57H98O6/c1-4-7-10-13-16-19-22-25-27-28-29-31-32-35-38-41-44-47-50-56(59)62-53-54(52-61-55(58)49-46-43-40-37-34-24-21-18-15-12-9-6-3)63-57(60)51-48-45-42-39-36-33-30-26-23-20-17-14-11-8-5-2/h8,11,14,17,20,23,26,29-31,33,36,54H,4-7,9-10,12-13,15-16,18-19,21-22,24-25,27-28,32,34-35,37-53H2,1-3H3/b11-8-,17-14-,23-20-,30-26-,31-29-,36-33-. The average molecular weight is 879 g/mol. The first-order valence-corrected chi connectivity index (χ1v) is 26.5. The van der Waals surface area contributed by atoms with E-state index in [0.29, 0.717) is 19.3 Å². The van der Waals surface area contributed by atoms with E-state index < -0.39 is 6.10 Å². The van der Waals surface area contributed by atoms with E-state index >= 15 is 0 Å². The number of carbonyl (C=O) groups excluding carboxylic acids is 3. The zero-order valence-electron chi connectivity index (χ0n) is 41.3. The van der Waals surface area contributed by atoms with Crippen LogP contribution in [0.25, 0.3) is 0 Å². The zero-order chi connectivity index (χ0) is 45.8. The third-order valence-electron chi connectivity index (χ3n) is 11.3. The maximum absolute atomic E-state index is 12.8.